The van der Waals surface area contributed by atoms with Crippen molar-refractivity contribution in [3.05, 3.63) is 0 Å². The van der Waals surface area contributed by atoms with Gasteiger partial charge in [-0.05, 0) is 86.9 Å². The van der Waals surface area contributed by atoms with E-state index in [-0.39, 0.29) is 23.7 Å². The third kappa shape index (κ3) is 3.83. The van der Waals surface area contributed by atoms with Gasteiger partial charge in [0, 0.05) is 12.3 Å². The lowest BCUT2D eigenvalue weighted by Gasteiger charge is -2.61. The Balaban J connectivity index is 1.51. The van der Waals surface area contributed by atoms with Gasteiger partial charge in [-0.1, -0.05) is 13.8 Å². The predicted molar refractivity (Wildman–Crippen MR) is 115 cm³/mol. The van der Waals surface area contributed by atoms with E-state index < -0.39 is 33.5 Å². The molecule has 32 heavy (non-hydrogen) atoms. The molecule has 0 heterocycles. The highest BCUT2D eigenvalue weighted by Crippen LogP contribution is 2.68. The number of hydrogen-bond acceptors (Lipinski definition) is 7. The molecule has 0 radical (unpaired) electrons. The maximum atomic E-state index is 12.9. The first-order chi connectivity index (χ1) is 14.8. The van der Waals surface area contributed by atoms with Crippen molar-refractivity contribution in [3.8, 4) is 0 Å². The largest absolute Gasteiger partial charge is 0.458 e. The van der Waals surface area contributed by atoms with Crippen LogP contribution in [0.15, 0.2) is 0 Å². The quantitative estimate of drug-likeness (QED) is 0.462. The first kappa shape index (κ1) is 24.1. The summed E-state index contributed by atoms with van der Waals surface area (Å²) in [5.74, 6) is 0.516. The minimum Gasteiger partial charge on any atom is -0.458 e. The Morgan fingerprint density at radius 3 is 2.34 bits per heavy atom. The molecule has 0 aliphatic heterocycles. The molecule has 182 valence electrons. The smallest absolute Gasteiger partial charge is 0.397 e. The van der Waals surface area contributed by atoms with E-state index in [1.807, 2.05) is 6.92 Å². The number of aliphatic hydroxyl groups is 1. The molecule has 0 amide bonds. The Labute approximate surface area is 190 Å². The van der Waals surface area contributed by atoms with Crippen molar-refractivity contribution in [2.24, 2.45) is 34.5 Å². The van der Waals surface area contributed by atoms with Crippen molar-refractivity contribution in [2.75, 3.05) is 6.61 Å². The highest BCUT2D eigenvalue weighted by atomic mass is 32.3. The van der Waals surface area contributed by atoms with E-state index in [0.717, 1.165) is 38.5 Å². The number of carbonyl (C=O) groups excluding carboxylic acids is 2. The van der Waals surface area contributed by atoms with E-state index in [1.54, 1.807) is 0 Å². The molecule has 4 aliphatic carbocycles. The molecule has 0 aromatic heterocycles. The van der Waals surface area contributed by atoms with E-state index >= 15 is 0 Å². The van der Waals surface area contributed by atoms with Gasteiger partial charge in [-0.25, -0.2) is 4.18 Å². The van der Waals surface area contributed by atoms with E-state index in [2.05, 4.69) is 6.92 Å². The summed E-state index contributed by atoms with van der Waals surface area (Å²) in [4.78, 5) is 24.1. The van der Waals surface area contributed by atoms with Crippen molar-refractivity contribution in [2.45, 2.75) is 90.3 Å². The highest BCUT2D eigenvalue weighted by Gasteiger charge is 2.66. The molecule has 4 fully saturated rings. The minimum absolute atomic E-state index is 0.0613. The molecule has 9 heteroatoms. The molecule has 4 rings (SSSR count). The third-order valence-electron chi connectivity index (χ3n) is 9.89. The van der Waals surface area contributed by atoms with Crippen LogP contribution in [0.4, 0.5) is 0 Å². The maximum Gasteiger partial charge on any atom is 0.397 e. The summed E-state index contributed by atoms with van der Waals surface area (Å²) in [7, 11) is -4.45. The molecule has 2 N–H and O–H groups in total. The Bertz CT molecular complexity index is 886. The number of ether oxygens (including phenoxy) is 1. The molecule has 8 atom stereocenters. The molecule has 8 nitrogen and oxygen atoms in total. The number of ketones is 1. The summed E-state index contributed by atoms with van der Waals surface area (Å²) in [5, 5.41) is 11.5. The Morgan fingerprint density at radius 1 is 1.00 bits per heavy atom. The second-order valence-electron chi connectivity index (χ2n) is 11.1. The second kappa shape index (κ2) is 8.03. The molecule has 0 bridgehead atoms. The maximum absolute atomic E-state index is 12.9. The second-order valence-corrected chi connectivity index (χ2v) is 12.2. The lowest BCUT2D eigenvalue weighted by atomic mass is 9.44. The Morgan fingerprint density at radius 2 is 1.69 bits per heavy atom. The molecular weight excluding hydrogens is 436 g/mol. The fourth-order valence-electron chi connectivity index (χ4n) is 8.24. The molecule has 0 aromatic carbocycles. The van der Waals surface area contributed by atoms with Crippen molar-refractivity contribution >= 4 is 22.2 Å². The summed E-state index contributed by atoms with van der Waals surface area (Å²) in [5.41, 5.74) is -1.93. The zero-order valence-corrected chi connectivity index (χ0v) is 20.0. The standard InChI is InChI=1S/C23H36O8S/c1-14(24)30-13-20(25)23(26)11-8-19-17-5-4-15-12-16(31-32(27,28)29)6-9-21(15,2)18(17)7-10-22(19,23)3/h15-19,26H,4-13H2,1-3H3,(H,27,28,29)/t15-,16-,17-,18+,19+,21+,22+,23+/m1/s1. The molecule has 0 aromatic rings. The number of Topliss-reactive ketones (excluding diaryl/α,β-unsaturated/α-hetero) is 1. The monoisotopic (exact) mass is 472 g/mol. The predicted octanol–water partition coefficient (Wildman–Crippen LogP) is 3.08. The van der Waals surface area contributed by atoms with Crippen molar-refractivity contribution in [3.63, 3.8) is 0 Å². The zero-order valence-electron chi connectivity index (χ0n) is 19.2. The Kier molecular flexibility index (Phi) is 6.05. The summed E-state index contributed by atoms with van der Waals surface area (Å²) in [6.07, 6.45) is 6.40. The lowest BCUT2D eigenvalue weighted by molar-refractivity contribution is -0.176. The van der Waals surface area contributed by atoms with Crippen LogP contribution in [-0.2, 0) is 28.9 Å². The van der Waals surface area contributed by atoms with Gasteiger partial charge in [-0.2, -0.15) is 8.42 Å². The first-order valence-electron chi connectivity index (χ1n) is 11.8. The van der Waals surface area contributed by atoms with Gasteiger partial charge in [-0.15, -0.1) is 0 Å². The van der Waals surface area contributed by atoms with Crippen molar-refractivity contribution in [1.82, 2.24) is 0 Å². The van der Waals surface area contributed by atoms with Crippen LogP contribution in [0, 0.1) is 34.5 Å². The van der Waals surface area contributed by atoms with Gasteiger partial charge in [0.25, 0.3) is 0 Å². The van der Waals surface area contributed by atoms with Crippen molar-refractivity contribution < 1.29 is 36.6 Å². The summed E-state index contributed by atoms with van der Waals surface area (Å²) < 4.78 is 41.3. The number of rotatable bonds is 5. The highest BCUT2D eigenvalue weighted by molar-refractivity contribution is 7.80. The van der Waals surface area contributed by atoms with Gasteiger partial charge in [0.2, 0.25) is 5.78 Å². The van der Waals surface area contributed by atoms with E-state index in [1.165, 1.54) is 6.92 Å². The van der Waals surface area contributed by atoms with Crippen LogP contribution in [0.2, 0.25) is 0 Å². The fraction of sp³-hybridized carbons (Fsp3) is 0.913. The van der Waals surface area contributed by atoms with Gasteiger partial charge in [0.05, 0.1) is 6.10 Å². The molecule has 0 saturated heterocycles. The number of carbonyl (C=O) groups is 2. The molecular formula is C23H36O8S. The molecule has 0 spiro atoms. The summed E-state index contributed by atoms with van der Waals surface area (Å²) in [6.45, 7) is 5.24. The average Bonchev–Trinajstić information content (AvgIpc) is 2.97. The fourth-order valence-corrected chi connectivity index (χ4v) is 8.76. The Hall–Kier alpha value is -1.03. The number of fused-ring (bicyclic) bond motifs is 5. The van der Waals surface area contributed by atoms with Crippen LogP contribution in [0.3, 0.4) is 0 Å². The average molecular weight is 473 g/mol. The first-order valence-corrected chi connectivity index (χ1v) is 13.2. The van der Waals surface area contributed by atoms with Crippen molar-refractivity contribution in [1.29, 1.82) is 0 Å². The van der Waals surface area contributed by atoms with E-state index in [4.69, 9.17) is 13.5 Å². The summed E-state index contributed by atoms with van der Waals surface area (Å²) in [6, 6.07) is 0. The normalized spacial score (nSPS) is 46.0. The molecule has 4 saturated carbocycles. The van der Waals surface area contributed by atoms with Gasteiger partial charge in [0.15, 0.2) is 6.61 Å². The summed E-state index contributed by atoms with van der Waals surface area (Å²) >= 11 is 0. The molecule has 0 unspecified atom stereocenters. The van der Waals surface area contributed by atoms with E-state index in [9.17, 15) is 23.1 Å². The van der Waals surface area contributed by atoms with E-state index in [0.29, 0.717) is 37.0 Å². The van der Waals surface area contributed by atoms with Crippen LogP contribution < -0.4 is 0 Å². The lowest BCUT2D eigenvalue weighted by Crippen LogP contribution is -2.59. The van der Waals surface area contributed by atoms with Gasteiger partial charge < -0.3 is 9.84 Å². The van der Waals surface area contributed by atoms with Gasteiger partial charge >= 0.3 is 16.4 Å². The van der Waals surface area contributed by atoms with Gasteiger partial charge in [-0.3, -0.25) is 14.1 Å². The van der Waals surface area contributed by atoms with Gasteiger partial charge in [0.1, 0.15) is 5.60 Å². The SMILES string of the molecule is CC(=O)OCC(=O)[C@@]1(O)CC[C@H]2[C@@H]3CC[C@@H]4C[C@H](OS(=O)(=O)O)CC[C@]4(C)[C@H]3CC[C@@]21C. The van der Waals surface area contributed by atoms with Crippen LogP contribution in [-0.4, -0.2) is 48.1 Å². The van der Waals surface area contributed by atoms with Crippen LogP contribution in [0.1, 0.15) is 78.6 Å². The third-order valence-corrected chi connectivity index (χ3v) is 10.4. The number of esters is 1. The zero-order chi connectivity index (χ0) is 23.5. The van der Waals surface area contributed by atoms with Crippen LogP contribution in [0.25, 0.3) is 0 Å². The minimum atomic E-state index is -4.45. The topological polar surface area (TPSA) is 127 Å². The number of hydrogen-bond donors (Lipinski definition) is 2. The van der Waals surface area contributed by atoms with Crippen LogP contribution >= 0.6 is 0 Å². The molecule has 4 aliphatic rings. The van der Waals surface area contributed by atoms with Crippen LogP contribution in [0.5, 0.6) is 0 Å².